The molecule has 0 unspecified atom stereocenters. The Morgan fingerprint density at radius 2 is 1.63 bits per heavy atom. The molecule has 0 aromatic heterocycles. The first kappa shape index (κ1) is 13.1. The Morgan fingerprint density at radius 1 is 0.947 bits per heavy atom. The maximum absolute atomic E-state index is 11.9. The molecule has 4 nitrogen and oxygen atoms in total. The van der Waals surface area contributed by atoms with Gasteiger partial charge in [-0.25, -0.2) is 0 Å². The van der Waals surface area contributed by atoms with E-state index in [4.69, 9.17) is 0 Å². The van der Waals surface area contributed by atoms with Gasteiger partial charge in [0.1, 0.15) is 0 Å². The maximum atomic E-state index is 11.9. The van der Waals surface area contributed by atoms with E-state index in [1.165, 1.54) is 12.1 Å². The predicted molar refractivity (Wildman–Crippen MR) is 70.1 cm³/mol. The van der Waals surface area contributed by atoms with Gasteiger partial charge >= 0.3 is 0 Å². The summed E-state index contributed by atoms with van der Waals surface area (Å²) in [4.78, 5) is 0. The summed E-state index contributed by atoms with van der Waals surface area (Å²) < 4.78 is 0. The first-order chi connectivity index (χ1) is 9.11. The molecule has 0 spiro atoms. The number of hydrogen-bond acceptors (Lipinski definition) is 4. The topological polar surface area (TPSA) is 70.8 Å². The van der Waals surface area contributed by atoms with Crippen LogP contribution in [0.25, 0.3) is 0 Å². The molecule has 98 valence electrons. The lowest BCUT2D eigenvalue weighted by Gasteiger charge is -2.21. The number of aryl methyl sites for hydroxylation is 1. The predicted octanol–water partition coefficient (Wildman–Crippen LogP) is 3.12. The van der Waals surface area contributed by atoms with Crippen molar-refractivity contribution in [2.45, 2.75) is 20.3 Å². The molecule has 4 heteroatoms. The van der Waals surface area contributed by atoms with E-state index in [-0.39, 0.29) is 22.7 Å². The number of nitrogens with zero attached hydrogens (tertiary/aromatic N) is 2. The third-order valence-electron chi connectivity index (χ3n) is 2.86. The summed E-state index contributed by atoms with van der Waals surface area (Å²) >= 11 is 0. The molecule has 0 aliphatic rings. The SMILES string of the molecule is CCc1c([O-])ccc(N=Nc2ccc(C)cc2)c1[O-]. The van der Waals surface area contributed by atoms with Crippen LogP contribution in [0.3, 0.4) is 0 Å². The van der Waals surface area contributed by atoms with Crippen LogP contribution in [0.15, 0.2) is 46.6 Å². The molecule has 0 bridgehead atoms. The van der Waals surface area contributed by atoms with Crippen molar-refractivity contribution >= 4 is 11.4 Å². The minimum atomic E-state index is -0.328. The lowest BCUT2D eigenvalue weighted by Crippen LogP contribution is -2.02. The average molecular weight is 254 g/mol. The van der Waals surface area contributed by atoms with Gasteiger partial charge in [0.2, 0.25) is 0 Å². The average Bonchev–Trinajstić information content (AvgIpc) is 2.40. The van der Waals surface area contributed by atoms with Crippen molar-refractivity contribution in [3.8, 4) is 11.5 Å². The van der Waals surface area contributed by atoms with Crippen LogP contribution < -0.4 is 10.2 Å². The first-order valence-corrected chi connectivity index (χ1v) is 6.10. The van der Waals surface area contributed by atoms with E-state index < -0.39 is 0 Å². The van der Waals surface area contributed by atoms with Crippen molar-refractivity contribution in [1.29, 1.82) is 0 Å². The van der Waals surface area contributed by atoms with E-state index in [9.17, 15) is 10.2 Å². The summed E-state index contributed by atoms with van der Waals surface area (Å²) in [6.45, 7) is 3.76. The zero-order valence-electron chi connectivity index (χ0n) is 10.9. The number of hydrogen-bond donors (Lipinski definition) is 0. The summed E-state index contributed by atoms with van der Waals surface area (Å²) in [6, 6.07) is 10.3. The van der Waals surface area contributed by atoms with Gasteiger partial charge in [-0.15, -0.1) is 5.75 Å². The fourth-order valence-corrected chi connectivity index (χ4v) is 1.73. The standard InChI is InChI=1S/C15H16N2O2/c1-3-12-14(18)9-8-13(15(12)19)17-16-11-6-4-10(2)5-7-11/h4-9,18-19H,3H2,1-2H3/p-2. The van der Waals surface area contributed by atoms with Gasteiger partial charge in [-0.1, -0.05) is 42.0 Å². The molecular weight excluding hydrogens is 240 g/mol. The van der Waals surface area contributed by atoms with Crippen LogP contribution >= 0.6 is 0 Å². The van der Waals surface area contributed by atoms with Gasteiger partial charge in [0.15, 0.2) is 0 Å². The van der Waals surface area contributed by atoms with Gasteiger partial charge in [0, 0.05) is 0 Å². The highest BCUT2D eigenvalue weighted by molar-refractivity contribution is 5.58. The largest absolute Gasteiger partial charge is 0.872 e. The second-order valence-corrected chi connectivity index (χ2v) is 4.28. The molecule has 0 atom stereocenters. The summed E-state index contributed by atoms with van der Waals surface area (Å²) in [5.74, 6) is -0.562. The molecular formula is C15H14N2O2-2. The monoisotopic (exact) mass is 254 g/mol. The zero-order valence-corrected chi connectivity index (χ0v) is 10.9. The van der Waals surface area contributed by atoms with Crippen molar-refractivity contribution in [1.82, 2.24) is 0 Å². The lowest BCUT2D eigenvalue weighted by atomic mass is 10.1. The highest BCUT2D eigenvalue weighted by Gasteiger charge is 1.99. The molecule has 0 saturated carbocycles. The van der Waals surface area contributed by atoms with Gasteiger partial charge in [-0.3, -0.25) is 0 Å². The van der Waals surface area contributed by atoms with Crippen LogP contribution in [0.1, 0.15) is 18.1 Å². The van der Waals surface area contributed by atoms with Crippen molar-refractivity contribution < 1.29 is 10.2 Å². The third kappa shape index (κ3) is 2.91. The fourth-order valence-electron chi connectivity index (χ4n) is 1.73. The van der Waals surface area contributed by atoms with E-state index in [1.54, 1.807) is 6.92 Å². The Bertz CT molecular complexity index is 604. The molecule has 0 fully saturated rings. The van der Waals surface area contributed by atoms with E-state index in [0.29, 0.717) is 12.1 Å². The number of benzene rings is 2. The second kappa shape index (κ2) is 5.52. The number of azo groups is 1. The molecule has 0 saturated heterocycles. The Morgan fingerprint density at radius 3 is 2.26 bits per heavy atom. The Balaban J connectivity index is 2.31. The van der Waals surface area contributed by atoms with Crippen molar-refractivity contribution in [3.05, 3.63) is 47.5 Å². The van der Waals surface area contributed by atoms with Crippen molar-refractivity contribution in [3.63, 3.8) is 0 Å². The molecule has 0 aliphatic heterocycles. The maximum Gasteiger partial charge on any atom is 0.0857 e. The summed E-state index contributed by atoms with van der Waals surface area (Å²) in [7, 11) is 0. The Kier molecular flexibility index (Phi) is 3.80. The summed E-state index contributed by atoms with van der Waals surface area (Å²) in [5, 5.41) is 31.3. The fraction of sp³-hybridized carbons (Fsp3) is 0.200. The molecule has 0 aliphatic carbocycles. The van der Waals surface area contributed by atoms with Crippen LogP contribution in [-0.4, -0.2) is 0 Å². The Labute approximate surface area is 112 Å². The second-order valence-electron chi connectivity index (χ2n) is 4.28. The normalized spacial score (nSPS) is 11.1. The third-order valence-corrected chi connectivity index (χ3v) is 2.86. The molecule has 0 N–H and O–H groups in total. The Hall–Kier alpha value is -2.36. The van der Waals surface area contributed by atoms with Crippen LogP contribution in [0.4, 0.5) is 11.4 Å². The van der Waals surface area contributed by atoms with Crippen LogP contribution in [0.5, 0.6) is 11.5 Å². The van der Waals surface area contributed by atoms with E-state index in [0.717, 1.165) is 5.56 Å². The molecule has 0 heterocycles. The van der Waals surface area contributed by atoms with E-state index in [1.807, 2.05) is 31.2 Å². The highest BCUT2D eigenvalue weighted by atomic mass is 16.3. The first-order valence-electron chi connectivity index (χ1n) is 6.10. The van der Waals surface area contributed by atoms with Gasteiger partial charge in [0.25, 0.3) is 0 Å². The van der Waals surface area contributed by atoms with Crippen molar-refractivity contribution in [2.24, 2.45) is 10.2 Å². The van der Waals surface area contributed by atoms with E-state index in [2.05, 4.69) is 10.2 Å². The minimum absolute atomic E-state index is 0.206. The van der Waals surface area contributed by atoms with Crippen LogP contribution in [0, 0.1) is 6.92 Å². The van der Waals surface area contributed by atoms with Gasteiger partial charge in [-0.2, -0.15) is 10.2 Å². The van der Waals surface area contributed by atoms with Gasteiger partial charge < -0.3 is 10.2 Å². The van der Waals surface area contributed by atoms with E-state index >= 15 is 0 Å². The zero-order chi connectivity index (χ0) is 13.8. The van der Waals surface area contributed by atoms with Crippen LogP contribution in [0.2, 0.25) is 0 Å². The molecule has 2 rings (SSSR count). The van der Waals surface area contributed by atoms with Gasteiger partial charge in [-0.05, 0) is 31.5 Å². The molecule has 19 heavy (non-hydrogen) atoms. The quantitative estimate of drug-likeness (QED) is 0.789. The molecule has 2 aromatic carbocycles. The van der Waals surface area contributed by atoms with Crippen LogP contribution in [-0.2, 0) is 6.42 Å². The smallest absolute Gasteiger partial charge is 0.0857 e. The number of rotatable bonds is 3. The minimum Gasteiger partial charge on any atom is -0.872 e. The lowest BCUT2D eigenvalue weighted by molar-refractivity contribution is -0.281. The summed E-state index contributed by atoms with van der Waals surface area (Å²) in [5.41, 5.74) is 2.28. The summed E-state index contributed by atoms with van der Waals surface area (Å²) in [6.07, 6.45) is 0.408. The molecule has 0 radical (unpaired) electrons. The highest BCUT2D eigenvalue weighted by Crippen LogP contribution is 2.33. The molecule has 0 amide bonds. The van der Waals surface area contributed by atoms with Gasteiger partial charge in [0.05, 0.1) is 11.4 Å². The molecule has 2 aromatic rings. The van der Waals surface area contributed by atoms with Crippen molar-refractivity contribution in [2.75, 3.05) is 0 Å².